The summed E-state index contributed by atoms with van der Waals surface area (Å²) in [6, 6.07) is 15.4. The van der Waals surface area contributed by atoms with E-state index in [4.69, 9.17) is 23.2 Å². The van der Waals surface area contributed by atoms with Crippen molar-refractivity contribution in [1.29, 1.82) is 0 Å². The van der Waals surface area contributed by atoms with Gasteiger partial charge in [0.05, 0.1) is 22.0 Å². The number of aromatic nitrogens is 1. The van der Waals surface area contributed by atoms with Gasteiger partial charge in [0, 0.05) is 16.0 Å². The van der Waals surface area contributed by atoms with Crippen molar-refractivity contribution in [3.05, 3.63) is 69.0 Å². The first-order valence-electron chi connectivity index (χ1n) is 6.91. The third-order valence-electron chi connectivity index (χ3n) is 3.20. The molecule has 3 aromatic rings. The van der Waals surface area contributed by atoms with E-state index in [-0.39, 0.29) is 0 Å². The summed E-state index contributed by atoms with van der Waals surface area (Å²) in [4.78, 5) is 5.71. The Balaban J connectivity index is 1.78. The molecule has 0 aliphatic rings. The Morgan fingerprint density at radius 3 is 2.43 bits per heavy atom. The van der Waals surface area contributed by atoms with Crippen LogP contribution in [0.3, 0.4) is 0 Å². The van der Waals surface area contributed by atoms with Gasteiger partial charge in [0.15, 0.2) is 0 Å². The lowest BCUT2D eigenvalue weighted by Crippen LogP contribution is -1.91. The zero-order chi connectivity index (χ0) is 16.2. The van der Waals surface area contributed by atoms with Gasteiger partial charge in [-0.1, -0.05) is 59.6 Å². The van der Waals surface area contributed by atoms with Gasteiger partial charge in [-0.25, -0.2) is 4.98 Å². The monoisotopic (exact) mass is 361 g/mol. The van der Waals surface area contributed by atoms with E-state index < -0.39 is 0 Å². The first-order chi connectivity index (χ1) is 11.1. The molecule has 6 heteroatoms. The predicted octanol–water partition coefficient (Wildman–Crippen LogP) is 5.87. The van der Waals surface area contributed by atoms with E-state index in [1.54, 1.807) is 35.8 Å². The van der Waals surface area contributed by atoms with Crippen LogP contribution < -0.4 is 5.43 Å². The summed E-state index contributed by atoms with van der Waals surface area (Å²) in [5, 5.41) is 6.03. The molecule has 2 aromatic carbocycles. The molecule has 3 nitrogen and oxygen atoms in total. The van der Waals surface area contributed by atoms with Crippen LogP contribution in [0.25, 0.3) is 11.3 Å². The Kier molecular flexibility index (Phi) is 4.96. The summed E-state index contributed by atoms with van der Waals surface area (Å²) in [6.45, 7) is 2.04. The van der Waals surface area contributed by atoms with Crippen molar-refractivity contribution in [2.24, 2.45) is 5.10 Å². The van der Waals surface area contributed by atoms with Crippen LogP contribution in [0, 0.1) is 6.92 Å². The van der Waals surface area contributed by atoms with E-state index in [9.17, 15) is 0 Å². The van der Waals surface area contributed by atoms with Crippen LogP contribution >= 0.6 is 34.5 Å². The number of rotatable bonds is 4. The molecule has 0 bridgehead atoms. The second-order valence-corrected chi connectivity index (χ2v) is 6.81. The van der Waals surface area contributed by atoms with Gasteiger partial charge in [-0.05, 0) is 19.1 Å². The standard InChI is InChI=1S/C17H13Cl2N3S/c1-11-16(12-6-3-2-4-7-12)21-17(23-11)22-20-10-13-14(18)8-5-9-15(13)19/h2-10H,1H3,(H,21,22)/b20-10+. The van der Waals surface area contributed by atoms with Crippen molar-refractivity contribution < 1.29 is 0 Å². The summed E-state index contributed by atoms with van der Waals surface area (Å²) < 4.78 is 0. The number of anilines is 1. The van der Waals surface area contributed by atoms with Crippen LogP contribution in [0.5, 0.6) is 0 Å². The average molecular weight is 362 g/mol. The van der Waals surface area contributed by atoms with Gasteiger partial charge in [-0.3, -0.25) is 5.43 Å². The van der Waals surface area contributed by atoms with E-state index in [0.717, 1.165) is 21.3 Å². The van der Waals surface area contributed by atoms with Crippen molar-refractivity contribution in [2.45, 2.75) is 6.92 Å². The average Bonchev–Trinajstić information content (AvgIpc) is 2.92. The molecule has 116 valence electrons. The highest BCUT2D eigenvalue weighted by Gasteiger charge is 2.09. The third kappa shape index (κ3) is 3.72. The quantitative estimate of drug-likeness (QED) is 0.465. The molecular weight excluding hydrogens is 349 g/mol. The van der Waals surface area contributed by atoms with Gasteiger partial charge >= 0.3 is 0 Å². The van der Waals surface area contributed by atoms with Crippen molar-refractivity contribution in [2.75, 3.05) is 5.43 Å². The number of halogens is 2. The van der Waals surface area contributed by atoms with E-state index in [0.29, 0.717) is 15.6 Å². The summed E-state index contributed by atoms with van der Waals surface area (Å²) in [7, 11) is 0. The fraction of sp³-hybridized carbons (Fsp3) is 0.0588. The number of nitrogens with one attached hydrogen (secondary N) is 1. The van der Waals surface area contributed by atoms with Crippen LogP contribution in [0.15, 0.2) is 53.6 Å². The van der Waals surface area contributed by atoms with Crippen molar-refractivity contribution in [3.63, 3.8) is 0 Å². The third-order valence-corrected chi connectivity index (χ3v) is 4.73. The fourth-order valence-electron chi connectivity index (χ4n) is 2.09. The zero-order valence-electron chi connectivity index (χ0n) is 12.3. The first-order valence-corrected chi connectivity index (χ1v) is 8.48. The lowest BCUT2D eigenvalue weighted by Gasteiger charge is -2.00. The Hall–Kier alpha value is -1.88. The number of aryl methyl sites for hydroxylation is 1. The molecule has 0 radical (unpaired) electrons. The molecule has 0 spiro atoms. The highest BCUT2D eigenvalue weighted by molar-refractivity contribution is 7.15. The molecule has 0 unspecified atom stereocenters. The number of benzene rings is 2. The van der Waals surface area contributed by atoms with Gasteiger partial charge in [-0.2, -0.15) is 5.10 Å². The molecular formula is C17H13Cl2N3S. The number of thiazole rings is 1. The Labute approximate surface area is 148 Å². The lowest BCUT2D eigenvalue weighted by molar-refractivity contribution is 1.28. The second-order valence-electron chi connectivity index (χ2n) is 4.80. The van der Waals surface area contributed by atoms with Gasteiger partial charge < -0.3 is 0 Å². The second kappa shape index (κ2) is 7.13. The Morgan fingerprint density at radius 2 is 1.74 bits per heavy atom. The van der Waals surface area contributed by atoms with E-state index in [1.165, 1.54) is 0 Å². The van der Waals surface area contributed by atoms with Crippen LogP contribution in [-0.4, -0.2) is 11.2 Å². The fourth-order valence-corrected chi connectivity index (χ4v) is 3.37. The summed E-state index contributed by atoms with van der Waals surface area (Å²) in [6.07, 6.45) is 1.60. The largest absolute Gasteiger partial charge is 0.253 e. The zero-order valence-corrected chi connectivity index (χ0v) is 14.6. The van der Waals surface area contributed by atoms with Gasteiger partial charge in [0.25, 0.3) is 0 Å². The predicted molar refractivity (Wildman–Crippen MR) is 100.0 cm³/mol. The normalized spacial score (nSPS) is 11.1. The minimum absolute atomic E-state index is 0.559. The Morgan fingerprint density at radius 1 is 1.04 bits per heavy atom. The minimum atomic E-state index is 0.559. The van der Waals surface area contributed by atoms with Crippen molar-refractivity contribution in [1.82, 2.24) is 4.98 Å². The van der Waals surface area contributed by atoms with Gasteiger partial charge in [-0.15, -0.1) is 11.3 Å². The molecule has 0 aliphatic heterocycles. The van der Waals surface area contributed by atoms with Crippen molar-refractivity contribution in [3.8, 4) is 11.3 Å². The molecule has 1 aromatic heterocycles. The highest BCUT2D eigenvalue weighted by Crippen LogP contribution is 2.30. The molecule has 23 heavy (non-hydrogen) atoms. The summed E-state index contributed by atoms with van der Waals surface area (Å²) >= 11 is 13.8. The van der Waals surface area contributed by atoms with Crippen molar-refractivity contribution >= 4 is 45.9 Å². The number of hydrogen-bond donors (Lipinski definition) is 1. The molecule has 1 heterocycles. The van der Waals surface area contributed by atoms with Gasteiger partial charge in [0.1, 0.15) is 0 Å². The van der Waals surface area contributed by atoms with E-state index >= 15 is 0 Å². The van der Waals surface area contributed by atoms with Crippen LogP contribution in [0.1, 0.15) is 10.4 Å². The van der Waals surface area contributed by atoms with Crippen LogP contribution in [-0.2, 0) is 0 Å². The number of nitrogens with zero attached hydrogens (tertiary/aromatic N) is 2. The molecule has 0 saturated carbocycles. The molecule has 0 amide bonds. The maximum absolute atomic E-state index is 6.10. The molecule has 0 atom stereocenters. The molecule has 0 saturated heterocycles. The lowest BCUT2D eigenvalue weighted by atomic mass is 10.1. The summed E-state index contributed by atoms with van der Waals surface area (Å²) in [5.41, 5.74) is 5.67. The maximum Gasteiger partial charge on any atom is 0.204 e. The first kappa shape index (κ1) is 16.0. The Bertz CT molecular complexity index is 824. The van der Waals surface area contributed by atoms with Gasteiger partial charge in [0.2, 0.25) is 5.13 Å². The molecule has 3 rings (SSSR count). The minimum Gasteiger partial charge on any atom is -0.253 e. The topological polar surface area (TPSA) is 37.3 Å². The van der Waals surface area contributed by atoms with E-state index in [2.05, 4.69) is 15.5 Å². The number of hydrogen-bond acceptors (Lipinski definition) is 4. The molecule has 0 aliphatic carbocycles. The molecule has 0 fully saturated rings. The maximum atomic E-state index is 6.10. The molecule has 1 N–H and O–H groups in total. The highest BCUT2D eigenvalue weighted by atomic mass is 35.5. The summed E-state index contributed by atoms with van der Waals surface area (Å²) in [5.74, 6) is 0. The number of hydrazone groups is 1. The van der Waals surface area contributed by atoms with E-state index in [1.807, 2.05) is 37.3 Å². The van der Waals surface area contributed by atoms with Crippen LogP contribution in [0.2, 0.25) is 10.0 Å². The smallest absolute Gasteiger partial charge is 0.204 e. The SMILES string of the molecule is Cc1sc(N/N=C/c2c(Cl)cccc2Cl)nc1-c1ccccc1. The van der Waals surface area contributed by atoms with Crippen LogP contribution in [0.4, 0.5) is 5.13 Å².